The first-order valence-corrected chi connectivity index (χ1v) is 9.31. The summed E-state index contributed by atoms with van der Waals surface area (Å²) in [6.45, 7) is 3.68. The van der Waals surface area contributed by atoms with Crippen LogP contribution in [0.3, 0.4) is 0 Å². The minimum absolute atomic E-state index is 0.274. The van der Waals surface area contributed by atoms with Crippen LogP contribution in [0.4, 0.5) is 0 Å². The Morgan fingerprint density at radius 2 is 2.07 bits per heavy atom. The van der Waals surface area contributed by atoms with E-state index < -0.39 is 5.54 Å². The Morgan fingerprint density at radius 1 is 1.26 bits per heavy atom. The van der Waals surface area contributed by atoms with Crippen LogP contribution in [-0.4, -0.2) is 15.9 Å². The number of halogens is 1. The molecule has 1 amide bonds. The Morgan fingerprint density at radius 3 is 2.74 bits per heavy atom. The maximum atomic E-state index is 12.8. The third kappa shape index (κ3) is 3.74. The number of nitrogens with zero attached hydrogens (tertiary/aromatic N) is 2. The van der Waals surface area contributed by atoms with Gasteiger partial charge in [0.2, 0.25) is 5.89 Å². The van der Waals surface area contributed by atoms with E-state index in [4.69, 9.17) is 16.0 Å². The van der Waals surface area contributed by atoms with Gasteiger partial charge in [0.15, 0.2) is 0 Å². The number of rotatable bonds is 5. The Bertz CT molecular complexity index is 979. The van der Waals surface area contributed by atoms with Crippen molar-refractivity contribution in [3.63, 3.8) is 0 Å². The van der Waals surface area contributed by atoms with Gasteiger partial charge in [-0.3, -0.25) is 4.79 Å². The summed E-state index contributed by atoms with van der Waals surface area (Å²) in [5.74, 6) is 0.677. The van der Waals surface area contributed by atoms with Crippen LogP contribution in [0, 0.1) is 0 Å². The number of pyridine rings is 1. The molecule has 1 N–H and O–H groups in total. The molecule has 0 atom stereocenters. The van der Waals surface area contributed by atoms with Crippen LogP contribution >= 0.6 is 11.6 Å². The van der Waals surface area contributed by atoms with Crippen LogP contribution in [0.1, 0.15) is 54.5 Å². The monoisotopic (exact) mass is 381 g/mol. The molecule has 27 heavy (non-hydrogen) atoms. The normalized spacial score (nSPS) is 14.2. The fraction of sp³-hybridized carbons (Fsp3) is 0.286. The van der Waals surface area contributed by atoms with Crippen molar-refractivity contribution in [2.45, 2.75) is 38.1 Å². The third-order valence-electron chi connectivity index (χ3n) is 4.67. The number of hydrogen-bond acceptors (Lipinski definition) is 4. The van der Waals surface area contributed by atoms with E-state index in [1.807, 2.05) is 44.2 Å². The van der Waals surface area contributed by atoms with Crippen LogP contribution in [-0.2, 0) is 5.54 Å². The van der Waals surface area contributed by atoms with E-state index in [1.54, 1.807) is 12.3 Å². The van der Waals surface area contributed by atoms with E-state index in [-0.39, 0.29) is 5.91 Å². The van der Waals surface area contributed by atoms with Gasteiger partial charge in [-0.25, -0.2) is 9.97 Å². The predicted molar refractivity (Wildman–Crippen MR) is 104 cm³/mol. The van der Waals surface area contributed by atoms with Crippen LogP contribution in [0.5, 0.6) is 0 Å². The standard InChI is InChI=1S/C21H20ClN3O2/c1-21(2,20-23-10-11-27-20)25-19(26)17-9-8-16(13-6-7-13)18(24-17)14-4-3-5-15(22)12-14/h3-5,8-13H,6-7H2,1-2H3,(H,25,26). The first-order valence-electron chi connectivity index (χ1n) is 8.93. The van der Waals surface area contributed by atoms with Crippen molar-refractivity contribution in [2.24, 2.45) is 0 Å². The van der Waals surface area contributed by atoms with Gasteiger partial charge in [-0.15, -0.1) is 0 Å². The number of hydrogen-bond donors (Lipinski definition) is 1. The molecule has 3 aromatic rings. The van der Waals surface area contributed by atoms with Gasteiger partial charge in [-0.05, 0) is 56.4 Å². The molecule has 5 nitrogen and oxygen atoms in total. The van der Waals surface area contributed by atoms with Crippen molar-refractivity contribution in [3.8, 4) is 11.3 Å². The molecule has 2 heterocycles. The lowest BCUT2D eigenvalue weighted by molar-refractivity contribution is 0.0893. The van der Waals surface area contributed by atoms with Gasteiger partial charge in [-0.2, -0.15) is 0 Å². The van der Waals surface area contributed by atoms with Gasteiger partial charge in [0.1, 0.15) is 17.5 Å². The van der Waals surface area contributed by atoms with Crippen molar-refractivity contribution in [1.82, 2.24) is 15.3 Å². The topological polar surface area (TPSA) is 68.0 Å². The minimum atomic E-state index is -0.742. The second kappa shape index (κ2) is 6.82. The third-order valence-corrected chi connectivity index (χ3v) is 4.90. The van der Waals surface area contributed by atoms with Crippen molar-refractivity contribution in [3.05, 3.63) is 71.0 Å². The number of carbonyl (C=O) groups is 1. The number of carbonyl (C=O) groups excluding carboxylic acids is 1. The second-order valence-corrected chi connectivity index (χ2v) is 7.77. The van der Waals surface area contributed by atoms with Crippen molar-refractivity contribution in [2.75, 3.05) is 0 Å². The summed E-state index contributed by atoms with van der Waals surface area (Å²) in [4.78, 5) is 21.7. The molecule has 0 radical (unpaired) electrons. The largest absolute Gasteiger partial charge is 0.446 e. The number of aromatic nitrogens is 2. The lowest BCUT2D eigenvalue weighted by atomic mass is 10.0. The molecular weight excluding hydrogens is 362 g/mol. The van der Waals surface area contributed by atoms with Gasteiger partial charge in [0.05, 0.1) is 11.9 Å². The van der Waals surface area contributed by atoms with Crippen LogP contribution in [0.25, 0.3) is 11.3 Å². The van der Waals surface area contributed by atoms with Crippen LogP contribution in [0.2, 0.25) is 5.02 Å². The van der Waals surface area contributed by atoms with E-state index in [0.29, 0.717) is 22.5 Å². The molecule has 1 aliphatic rings. The number of oxazole rings is 1. The highest BCUT2D eigenvalue weighted by atomic mass is 35.5. The summed E-state index contributed by atoms with van der Waals surface area (Å²) in [5, 5.41) is 3.59. The van der Waals surface area contributed by atoms with Gasteiger partial charge in [0.25, 0.3) is 5.91 Å². The zero-order valence-electron chi connectivity index (χ0n) is 15.2. The molecule has 0 aliphatic heterocycles. The molecule has 0 unspecified atom stereocenters. The fourth-order valence-corrected chi connectivity index (χ4v) is 3.31. The van der Waals surface area contributed by atoms with Gasteiger partial charge in [0, 0.05) is 10.6 Å². The van der Waals surface area contributed by atoms with E-state index in [2.05, 4.69) is 15.3 Å². The lowest BCUT2D eigenvalue weighted by Crippen LogP contribution is -2.41. The van der Waals surface area contributed by atoms with Gasteiger partial charge in [-0.1, -0.05) is 29.8 Å². The highest BCUT2D eigenvalue weighted by Gasteiger charge is 2.30. The van der Waals surface area contributed by atoms with E-state index in [0.717, 1.165) is 24.1 Å². The molecule has 1 fully saturated rings. The maximum absolute atomic E-state index is 12.8. The molecule has 6 heteroatoms. The molecule has 4 rings (SSSR count). The van der Waals surface area contributed by atoms with Crippen molar-refractivity contribution >= 4 is 17.5 Å². The van der Waals surface area contributed by atoms with E-state index in [9.17, 15) is 4.79 Å². The fourth-order valence-electron chi connectivity index (χ4n) is 3.12. The average molecular weight is 382 g/mol. The average Bonchev–Trinajstić information content (AvgIpc) is 3.33. The molecule has 0 saturated heterocycles. The molecule has 0 spiro atoms. The first kappa shape index (κ1) is 17.7. The molecule has 2 aromatic heterocycles. The van der Waals surface area contributed by atoms with E-state index >= 15 is 0 Å². The maximum Gasteiger partial charge on any atom is 0.270 e. The Hall–Kier alpha value is -2.66. The highest BCUT2D eigenvalue weighted by Crippen LogP contribution is 2.44. The van der Waals surface area contributed by atoms with Gasteiger partial charge < -0.3 is 9.73 Å². The van der Waals surface area contributed by atoms with Crippen molar-refractivity contribution < 1.29 is 9.21 Å². The zero-order valence-corrected chi connectivity index (χ0v) is 16.0. The van der Waals surface area contributed by atoms with Crippen LogP contribution in [0.15, 0.2) is 53.3 Å². The summed E-state index contributed by atoms with van der Waals surface area (Å²) >= 11 is 6.16. The highest BCUT2D eigenvalue weighted by molar-refractivity contribution is 6.30. The Labute approximate surface area is 162 Å². The predicted octanol–water partition coefficient (Wildman–Crippen LogP) is 4.93. The number of nitrogens with one attached hydrogen (secondary N) is 1. The summed E-state index contributed by atoms with van der Waals surface area (Å²) in [6.07, 6.45) is 5.35. The first-order chi connectivity index (χ1) is 12.9. The summed E-state index contributed by atoms with van der Waals surface area (Å²) in [5.41, 5.74) is 2.52. The summed E-state index contributed by atoms with van der Waals surface area (Å²) in [7, 11) is 0. The molecule has 1 aromatic carbocycles. The molecule has 0 bridgehead atoms. The quantitative estimate of drug-likeness (QED) is 0.680. The minimum Gasteiger partial charge on any atom is -0.446 e. The molecular formula is C21H20ClN3O2. The molecule has 1 aliphatic carbocycles. The van der Waals surface area contributed by atoms with E-state index in [1.165, 1.54) is 11.8 Å². The Kier molecular flexibility index (Phi) is 4.48. The second-order valence-electron chi connectivity index (χ2n) is 7.34. The lowest BCUT2D eigenvalue weighted by Gasteiger charge is -2.22. The number of benzene rings is 1. The number of amides is 1. The van der Waals surface area contributed by atoms with Crippen LogP contribution < -0.4 is 5.32 Å². The molecule has 138 valence electrons. The summed E-state index contributed by atoms with van der Waals surface area (Å²) in [6, 6.07) is 11.4. The SMILES string of the molecule is CC(C)(NC(=O)c1ccc(C2CC2)c(-c2cccc(Cl)c2)n1)c1ncco1. The van der Waals surface area contributed by atoms with Crippen molar-refractivity contribution in [1.29, 1.82) is 0 Å². The van der Waals surface area contributed by atoms with Gasteiger partial charge >= 0.3 is 0 Å². The Balaban J connectivity index is 1.67. The smallest absolute Gasteiger partial charge is 0.270 e. The zero-order chi connectivity index (χ0) is 19.0. The summed E-state index contributed by atoms with van der Waals surface area (Å²) < 4.78 is 5.34. The molecule has 1 saturated carbocycles.